The van der Waals surface area contributed by atoms with E-state index in [1.165, 1.54) is 5.69 Å². The number of ether oxygens (including phenoxy) is 1. The highest BCUT2D eigenvalue weighted by atomic mass is 32.1. The van der Waals surface area contributed by atoms with Gasteiger partial charge in [-0.1, -0.05) is 0 Å². The van der Waals surface area contributed by atoms with Crippen molar-refractivity contribution in [1.29, 1.82) is 0 Å². The molecule has 118 valence electrons. The molecule has 0 N–H and O–H groups in total. The molecule has 3 rings (SSSR count). The third-order valence-electron chi connectivity index (χ3n) is 3.86. The maximum absolute atomic E-state index is 5.90. The molecule has 1 aliphatic heterocycles. The van der Waals surface area contributed by atoms with E-state index in [1.54, 1.807) is 17.7 Å². The van der Waals surface area contributed by atoms with Crippen molar-refractivity contribution in [3.8, 4) is 0 Å². The van der Waals surface area contributed by atoms with Crippen molar-refractivity contribution < 1.29 is 4.74 Å². The molecule has 1 unspecified atom stereocenters. The molecular formula is C16H22N4OS. The van der Waals surface area contributed by atoms with Crippen molar-refractivity contribution in [2.45, 2.75) is 39.3 Å². The Morgan fingerprint density at radius 2 is 2.23 bits per heavy atom. The summed E-state index contributed by atoms with van der Waals surface area (Å²) in [6, 6.07) is 2.05. The second kappa shape index (κ2) is 7.26. The van der Waals surface area contributed by atoms with Crippen LogP contribution in [0.15, 0.2) is 17.8 Å². The lowest BCUT2D eigenvalue weighted by Gasteiger charge is -2.32. The van der Waals surface area contributed by atoms with E-state index in [4.69, 9.17) is 4.74 Å². The van der Waals surface area contributed by atoms with Crippen LogP contribution in [-0.2, 0) is 17.7 Å². The first-order valence-electron chi connectivity index (χ1n) is 7.71. The molecule has 6 heteroatoms. The first-order chi connectivity index (χ1) is 10.7. The summed E-state index contributed by atoms with van der Waals surface area (Å²) in [4.78, 5) is 15.5. The van der Waals surface area contributed by atoms with E-state index in [0.29, 0.717) is 0 Å². The van der Waals surface area contributed by atoms with Crippen LogP contribution >= 0.6 is 11.3 Å². The lowest BCUT2D eigenvalue weighted by atomic mass is 10.1. The van der Waals surface area contributed by atoms with Gasteiger partial charge in [0, 0.05) is 36.4 Å². The molecular weight excluding hydrogens is 296 g/mol. The molecule has 0 saturated carbocycles. The molecule has 0 amide bonds. The fraction of sp³-hybridized carbons (Fsp3) is 0.562. The zero-order valence-corrected chi connectivity index (χ0v) is 14.0. The van der Waals surface area contributed by atoms with Gasteiger partial charge < -0.3 is 4.74 Å². The highest BCUT2D eigenvalue weighted by Gasteiger charge is 2.21. The first-order valence-corrected chi connectivity index (χ1v) is 8.59. The smallest absolute Gasteiger partial charge is 0.115 e. The predicted molar refractivity (Wildman–Crippen MR) is 87.0 cm³/mol. The van der Waals surface area contributed by atoms with Crippen LogP contribution in [-0.4, -0.2) is 45.7 Å². The lowest BCUT2D eigenvalue weighted by molar-refractivity contribution is -0.0349. The van der Waals surface area contributed by atoms with E-state index in [1.807, 2.05) is 6.92 Å². The van der Waals surface area contributed by atoms with E-state index >= 15 is 0 Å². The predicted octanol–water partition coefficient (Wildman–Crippen LogP) is 2.38. The van der Waals surface area contributed by atoms with E-state index in [2.05, 4.69) is 38.2 Å². The largest absolute Gasteiger partial charge is 0.376 e. The number of aryl methyl sites for hydroxylation is 3. The van der Waals surface area contributed by atoms with Gasteiger partial charge in [-0.25, -0.2) is 15.0 Å². The molecule has 1 aliphatic rings. The van der Waals surface area contributed by atoms with Crippen molar-refractivity contribution in [3.05, 3.63) is 39.9 Å². The lowest BCUT2D eigenvalue weighted by Crippen LogP contribution is -2.42. The molecule has 1 saturated heterocycles. The molecule has 0 aromatic carbocycles. The Bertz CT molecular complexity index is 616. The van der Waals surface area contributed by atoms with Crippen LogP contribution in [0.3, 0.4) is 0 Å². The number of hydrogen-bond acceptors (Lipinski definition) is 6. The van der Waals surface area contributed by atoms with Gasteiger partial charge in [-0.15, -0.1) is 11.3 Å². The third-order valence-corrected chi connectivity index (χ3v) is 4.68. The summed E-state index contributed by atoms with van der Waals surface area (Å²) in [5, 5.41) is 3.29. The zero-order valence-electron chi connectivity index (χ0n) is 13.2. The van der Waals surface area contributed by atoms with E-state index in [9.17, 15) is 0 Å². The Morgan fingerprint density at radius 1 is 1.32 bits per heavy atom. The average Bonchev–Trinajstić information content (AvgIpc) is 2.91. The molecule has 1 fully saturated rings. The molecule has 0 bridgehead atoms. The van der Waals surface area contributed by atoms with Gasteiger partial charge in [0.05, 0.1) is 23.4 Å². The van der Waals surface area contributed by atoms with E-state index < -0.39 is 0 Å². The quantitative estimate of drug-likeness (QED) is 0.847. The SMILES string of the molecule is Cc1cc(CCC2CN(Cc3csc(C)n3)CCO2)ncn1. The van der Waals surface area contributed by atoms with Crippen LogP contribution in [0.1, 0.15) is 28.5 Å². The summed E-state index contributed by atoms with van der Waals surface area (Å²) >= 11 is 1.72. The monoisotopic (exact) mass is 318 g/mol. The highest BCUT2D eigenvalue weighted by Crippen LogP contribution is 2.16. The van der Waals surface area contributed by atoms with Gasteiger partial charge in [-0.2, -0.15) is 0 Å². The van der Waals surface area contributed by atoms with Gasteiger partial charge in [0.25, 0.3) is 0 Å². The fourth-order valence-corrected chi connectivity index (χ4v) is 3.37. The Morgan fingerprint density at radius 3 is 3.00 bits per heavy atom. The van der Waals surface area contributed by atoms with Crippen molar-refractivity contribution >= 4 is 11.3 Å². The molecule has 5 nitrogen and oxygen atoms in total. The van der Waals surface area contributed by atoms with Gasteiger partial charge in [0.15, 0.2) is 0 Å². The maximum atomic E-state index is 5.90. The minimum absolute atomic E-state index is 0.281. The van der Waals surface area contributed by atoms with E-state index in [-0.39, 0.29) is 6.10 Å². The number of rotatable bonds is 5. The zero-order chi connectivity index (χ0) is 15.4. The molecule has 2 aromatic heterocycles. The Kier molecular flexibility index (Phi) is 5.12. The molecule has 0 spiro atoms. The Labute approximate surface area is 135 Å². The van der Waals surface area contributed by atoms with Crippen LogP contribution in [0.25, 0.3) is 0 Å². The summed E-state index contributed by atoms with van der Waals surface area (Å²) in [5.74, 6) is 0. The summed E-state index contributed by atoms with van der Waals surface area (Å²) in [6.07, 6.45) is 3.87. The number of thiazole rings is 1. The molecule has 3 heterocycles. The molecule has 1 atom stereocenters. The second-order valence-corrected chi connectivity index (χ2v) is 6.84. The number of hydrogen-bond donors (Lipinski definition) is 0. The topological polar surface area (TPSA) is 51.1 Å². The van der Waals surface area contributed by atoms with Crippen LogP contribution in [0.5, 0.6) is 0 Å². The van der Waals surface area contributed by atoms with E-state index in [0.717, 1.165) is 55.5 Å². The minimum Gasteiger partial charge on any atom is -0.376 e. The van der Waals surface area contributed by atoms with Crippen LogP contribution in [0.2, 0.25) is 0 Å². The first kappa shape index (κ1) is 15.5. The van der Waals surface area contributed by atoms with Gasteiger partial charge in [0.2, 0.25) is 0 Å². The number of nitrogens with zero attached hydrogens (tertiary/aromatic N) is 4. The Balaban J connectivity index is 1.50. The molecule has 0 radical (unpaired) electrons. The fourth-order valence-electron chi connectivity index (χ4n) is 2.76. The van der Waals surface area contributed by atoms with Gasteiger partial charge >= 0.3 is 0 Å². The summed E-state index contributed by atoms with van der Waals surface area (Å²) in [5.41, 5.74) is 3.30. The minimum atomic E-state index is 0.281. The summed E-state index contributed by atoms with van der Waals surface area (Å²) in [6.45, 7) is 7.74. The summed E-state index contributed by atoms with van der Waals surface area (Å²) in [7, 11) is 0. The molecule has 2 aromatic rings. The van der Waals surface area contributed by atoms with Crippen LogP contribution in [0.4, 0.5) is 0 Å². The number of morpholine rings is 1. The molecule has 0 aliphatic carbocycles. The number of aromatic nitrogens is 3. The normalized spacial score (nSPS) is 19.5. The standard InChI is InChI=1S/C16H22N4OS/c1-12-7-14(18-11-17-12)3-4-16-9-20(5-6-21-16)8-15-10-22-13(2)19-15/h7,10-11,16H,3-6,8-9H2,1-2H3. The second-order valence-electron chi connectivity index (χ2n) is 5.78. The maximum Gasteiger partial charge on any atom is 0.115 e. The van der Waals surface area contributed by atoms with Gasteiger partial charge in [0.1, 0.15) is 6.33 Å². The van der Waals surface area contributed by atoms with Crippen molar-refractivity contribution in [1.82, 2.24) is 19.9 Å². The average molecular weight is 318 g/mol. The van der Waals surface area contributed by atoms with Crippen LogP contribution in [0, 0.1) is 13.8 Å². The van der Waals surface area contributed by atoms with Crippen LogP contribution < -0.4 is 0 Å². The summed E-state index contributed by atoms with van der Waals surface area (Å²) < 4.78 is 5.90. The third kappa shape index (κ3) is 4.32. The molecule has 22 heavy (non-hydrogen) atoms. The van der Waals surface area contributed by atoms with Gasteiger partial charge in [-0.3, -0.25) is 4.90 Å². The van der Waals surface area contributed by atoms with Crippen molar-refractivity contribution in [2.75, 3.05) is 19.7 Å². The van der Waals surface area contributed by atoms with Crippen molar-refractivity contribution in [2.24, 2.45) is 0 Å². The van der Waals surface area contributed by atoms with Crippen molar-refractivity contribution in [3.63, 3.8) is 0 Å². The highest BCUT2D eigenvalue weighted by molar-refractivity contribution is 7.09. The van der Waals surface area contributed by atoms with Gasteiger partial charge in [-0.05, 0) is 32.8 Å². The Hall–Kier alpha value is -1.37.